The van der Waals surface area contributed by atoms with Gasteiger partial charge in [-0.2, -0.15) is 0 Å². The molecule has 0 aliphatic carbocycles. The first kappa shape index (κ1) is 14.5. The average Bonchev–Trinajstić information content (AvgIpc) is 2.79. The Balaban J connectivity index is 2.14. The predicted molar refractivity (Wildman–Crippen MR) is 78.6 cm³/mol. The SMILES string of the molecule is CCN(CC)C(=O)c1ccc(N2CC(N)CC2=O)cc1. The van der Waals surface area contributed by atoms with Gasteiger partial charge in [-0.05, 0) is 38.1 Å². The Kier molecular flexibility index (Phi) is 4.39. The van der Waals surface area contributed by atoms with Crippen LogP contribution in [0.3, 0.4) is 0 Å². The van der Waals surface area contributed by atoms with Crippen LogP contribution >= 0.6 is 0 Å². The highest BCUT2D eigenvalue weighted by Gasteiger charge is 2.28. The Hall–Kier alpha value is -1.88. The molecule has 0 aromatic heterocycles. The summed E-state index contributed by atoms with van der Waals surface area (Å²) in [5.41, 5.74) is 7.23. The van der Waals surface area contributed by atoms with Gasteiger partial charge in [0.1, 0.15) is 0 Å². The lowest BCUT2D eigenvalue weighted by Crippen LogP contribution is -2.30. The summed E-state index contributed by atoms with van der Waals surface area (Å²) in [5.74, 6) is 0.0614. The van der Waals surface area contributed by atoms with Gasteiger partial charge in [0.05, 0.1) is 0 Å². The molecule has 1 aromatic carbocycles. The van der Waals surface area contributed by atoms with Gasteiger partial charge in [-0.15, -0.1) is 0 Å². The number of rotatable bonds is 4. The smallest absolute Gasteiger partial charge is 0.253 e. The molecule has 108 valence electrons. The molecule has 20 heavy (non-hydrogen) atoms. The topological polar surface area (TPSA) is 66.6 Å². The van der Waals surface area contributed by atoms with E-state index in [1.165, 1.54) is 0 Å². The van der Waals surface area contributed by atoms with E-state index in [0.717, 1.165) is 5.69 Å². The van der Waals surface area contributed by atoms with Crippen molar-refractivity contribution in [1.82, 2.24) is 4.90 Å². The summed E-state index contributed by atoms with van der Waals surface area (Å²) in [4.78, 5) is 27.4. The van der Waals surface area contributed by atoms with Crippen molar-refractivity contribution in [3.05, 3.63) is 29.8 Å². The fourth-order valence-electron chi connectivity index (χ4n) is 2.46. The molecule has 5 heteroatoms. The van der Waals surface area contributed by atoms with E-state index in [4.69, 9.17) is 5.73 Å². The number of benzene rings is 1. The molecule has 1 aromatic rings. The lowest BCUT2D eigenvalue weighted by atomic mass is 10.1. The molecule has 1 fully saturated rings. The van der Waals surface area contributed by atoms with E-state index >= 15 is 0 Å². The van der Waals surface area contributed by atoms with Crippen molar-refractivity contribution >= 4 is 17.5 Å². The quantitative estimate of drug-likeness (QED) is 0.899. The highest BCUT2D eigenvalue weighted by molar-refractivity contribution is 5.98. The minimum Gasteiger partial charge on any atom is -0.339 e. The van der Waals surface area contributed by atoms with Gasteiger partial charge in [0.2, 0.25) is 5.91 Å². The summed E-state index contributed by atoms with van der Waals surface area (Å²) in [6.45, 7) is 5.84. The molecular weight excluding hydrogens is 254 g/mol. The van der Waals surface area contributed by atoms with Crippen molar-refractivity contribution < 1.29 is 9.59 Å². The first-order valence-electron chi connectivity index (χ1n) is 7.02. The minimum atomic E-state index is -0.0977. The van der Waals surface area contributed by atoms with Gasteiger partial charge in [-0.1, -0.05) is 0 Å². The van der Waals surface area contributed by atoms with Gasteiger partial charge < -0.3 is 15.5 Å². The fourth-order valence-corrected chi connectivity index (χ4v) is 2.46. The van der Waals surface area contributed by atoms with Crippen LogP contribution in [0.15, 0.2) is 24.3 Å². The number of amides is 2. The first-order valence-corrected chi connectivity index (χ1v) is 7.02. The third-order valence-electron chi connectivity index (χ3n) is 3.63. The van der Waals surface area contributed by atoms with Gasteiger partial charge in [0.25, 0.3) is 5.91 Å². The van der Waals surface area contributed by atoms with Crippen molar-refractivity contribution in [2.45, 2.75) is 26.3 Å². The average molecular weight is 275 g/mol. The lowest BCUT2D eigenvalue weighted by Gasteiger charge is -2.20. The maximum absolute atomic E-state index is 12.2. The molecule has 5 nitrogen and oxygen atoms in total. The number of hydrogen-bond donors (Lipinski definition) is 1. The standard InChI is InChI=1S/C15H21N3O2/c1-3-17(4-2)15(20)11-5-7-13(8-6-11)18-10-12(16)9-14(18)19/h5-8,12H,3-4,9-10,16H2,1-2H3. The van der Waals surface area contributed by atoms with Crippen molar-refractivity contribution in [3.63, 3.8) is 0 Å². The van der Waals surface area contributed by atoms with E-state index in [2.05, 4.69) is 0 Å². The lowest BCUT2D eigenvalue weighted by molar-refractivity contribution is -0.117. The molecule has 1 heterocycles. The molecule has 2 rings (SSSR count). The van der Waals surface area contributed by atoms with E-state index in [9.17, 15) is 9.59 Å². The molecule has 0 bridgehead atoms. The summed E-state index contributed by atoms with van der Waals surface area (Å²) in [7, 11) is 0. The largest absolute Gasteiger partial charge is 0.339 e. The monoisotopic (exact) mass is 275 g/mol. The van der Waals surface area contributed by atoms with Gasteiger partial charge in [0.15, 0.2) is 0 Å². The number of carbonyl (C=O) groups excluding carboxylic acids is 2. The van der Waals surface area contributed by atoms with Crippen LogP contribution in [0.4, 0.5) is 5.69 Å². The maximum atomic E-state index is 12.2. The first-order chi connectivity index (χ1) is 9.56. The van der Waals surface area contributed by atoms with E-state index in [1.54, 1.807) is 21.9 Å². The van der Waals surface area contributed by atoms with Crippen LogP contribution in [0, 0.1) is 0 Å². The zero-order valence-corrected chi connectivity index (χ0v) is 12.0. The molecule has 0 radical (unpaired) electrons. The summed E-state index contributed by atoms with van der Waals surface area (Å²) in [6, 6.07) is 7.07. The number of nitrogens with zero attached hydrogens (tertiary/aromatic N) is 2. The maximum Gasteiger partial charge on any atom is 0.253 e. The van der Waals surface area contributed by atoms with Crippen LogP contribution in [0.25, 0.3) is 0 Å². The van der Waals surface area contributed by atoms with Crippen LogP contribution < -0.4 is 10.6 Å². The van der Waals surface area contributed by atoms with E-state index < -0.39 is 0 Å². The summed E-state index contributed by atoms with van der Waals surface area (Å²) in [6.07, 6.45) is 0.389. The van der Waals surface area contributed by atoms with Crippen LogP contribution in [0.5, 0.6) is 0 Å². The second-order valence-electron chi connectivity index (χ2n) is 4.99. The predicted octanol–water partition coefficient (Wildman–Crippen LogP) is 1.23. The molecular formula is C15H21N3O2. The molecule has 1 unspecified atom stereocenters. The summed E-state index contributed by atoms with van der Waals surface area (Å²) < 4.78 is 0. The molecule has 2 N–H and O–H groups in total. The van der Waals surface area contributed by atoms with Crippen LogP contribution in [-0.2, 0) is 4.79 Å². The normalized spacial score (nSPS) is 18.4. The fraction of sp³-hybridized carbons (Fsp3) is 0.467. The third-order valence-corrected chi connectivity index (χ3v) is 3.63. The number of hydrogen-bond acceptors (Lipinski definition) is 3. The summed E-state index contributed by atoms with van der Waals surface area (Å²) in [5, 5.41) is 0. The molecule has 2 amide bonds. The van der Waals surface area contributed by atoms with E-state index in [0.29, 0.717) is 31.6 Å². The number of carbonyl (C=O) groups is 2. The molecule has 0 saturated carbocycles. The zero-order chi connectivity index (χ0) is 14.7. The Morgan fingerprint density at radius 3 is 2.35 bits per heavy atom. The minimum absolute atomic E-state index is 0.0194. The molecule has 1 saturated heterocycles. The van der Waals surface area contributed by atoms with Crippen LogP contribution in [0.1, 0.15) is 30.6 Å². The second kappa shape index (κ2) is 6.05. The van der Waals surface area contributed by atoms with Gasteiger partial charge >= 0.3 is 0 Å². The Bertz CT molecular complexity index is 494. The van der Waals surface area contributed by atoms with Gasteiger partial charge in [-0.25, -0.2) is 0 Å². The third kappa shape index (κ3) is 2.82. The zero-order valence-electron chi connectivity index (χ0n) is 12.0. The van der Waals surface area contributed by atoms with Crippen molar-refractivity contribution in [2.75, 3.05) is 24.5 Å². The number of anilines is 1. The Morgan fingerprint density at radius 2 is 1.90 bits per heavy atom. The molecule has 0 spiro atoms. The highest BCUT2D eigenvalue weighted by Crippen LogP contribution is 2.21. The number of nitrogens with two attached hydrogens (primary N) is 1. The molecule has 1 aliphatic rings. The summed E-state index contributed by atoms with van der Waals surface area (Å²) >= 11 is 0. The molecule has 1 aliphatic heterocycles. The molecule has 1 atom stereocenters. The van der Waals surface area contributed by atoms with Crippen molar-refractivity contribution in [3.8, 4) is 0 Å². The van der Waals surface area contributed by atoms with E-state index in [-0.39, 0.29) is 17.9 Å². The second-order valence-corrected chi connectivity index (χ2v) is 4.99. The Morgan fingerprint density at radius 1 is 1.30 bits per heavy atom. The van der Waals surface area contributed by atoms with Crippen LogP contribution in [0.2, 0.25) is 0 Å². The van der Waals surface area contributed by atoms with Gasteiger partial charge in [-0.3, -0.25) is 9.59 Å². The highest BCUT2D eigenvalue weighted by atomic mass is 16.2. The Labute approximate surface area is 119 Å². The van der Waals surface area contributed by atoms with Crippen molar-refractivity contribution in [2.24, 2.45) is 5.73 Å². The van der Waals surface area contributed by atoms with Crippen LogP contribution in [-0.4, -0.2) is 42.4 Å². The van der Waals surface area contributed by atoms with E-state index in [1.807, 2.05) is 26.0 Å². The van der Waals surface area contributed by atoms with Crippen molar-refractivity contribution in [1.29, 1.82) is 0 Å². The van der Waals surface area contributed by atoms with Gasteiger partial charge in [0, 0.05) is 43.3 Å².